The minimum atomic E-state index is -0.614. The standard InChI is InChI=1S/C17H15ClN2O3/c1-20-11-12(10-13(20)7-9-17(22)19-23)6-8-16(21)14-4-2-3-5-15(14)18/h2-11,23H,1H3,(H,19,22)/b8-6+,9-7+. The van der Waals surface area contributed by atoms with Gasteiger partial charge in [-0.2, -0.15) is 0 Å². The lowest BCUT2D eigenvalue weighted by Gasteiger charge is -1.97. The number of ketones is 1. The van der Waals surface area contributed by atoms with E-state index in [4.69, 9.17) is 16.8 Å². The second-order valence-corrected chi connectivity index (χ2v) is 5.20. The Morgan fingerprint density at radius 3 is 2.65 bits per heavy atom. The number of carbonyl (C=O) groups is 2. The Hall–Kier alpha value is -2.63. The molecule has 1 amide bonds. The van der Waals surface area contributed by atoms with Crippen LogP contribution in [0.4, 0.5) is 0 Å². The van der Waals surface area contributed by atoms with Crippen molar-refractivity contribution in [3.05, 3.63) is 70.5 Å². The maximum atomic E-state index is 12.1. The van der Waals surface area contributed by atoms with Gasteiger partial charge in [0.05, 0.1) is 5.02 Å². The molecule has 0 saturated carbocycles. The van der Waals surface area contributed by atoms with Gasteiger partial charge in [0.15, 0.2) is 5.78 Å². The molecule has 0 radical (unpaired) electrons. The third-order valence-electron chi connectivity index (χ3n) is 3.15. The van der Waals surface area contributed by atoms with E-state index in [9.17, 15) is 9.59 Å². The van der Waals surface area contributed by atoms with Gasteiger partial charge in [0.25, 0.3) is 5.91 Å². The van der Waals surface area contributed by atoms with E-state index in [1.807, 2.05) is 13.2 Å². The fourth-order valence-electron chi connectivity index (χ4n) is 1.99. The van der Waals surface area contributed by atoms with Crippen LogP contribution in [-0.2, 0) is 11.8 Å². The highest BCUT2D eigenvalue weighted by atomic mass is 35.5. The fourth-order valence-corrected chi connectivity index (χ4v) is 2.21. The van der Waals surface area contributed by atoms with Crippen molar-refractivity contribution in [1.82, 2.24) is 10.0 Å². The van der Waals surface area contributed by atoms with Crippen LogP contribution in [0.3, 0.4) is 0 Å². The molecule has 2 aromatic rings. The Labute approximate surface area is 138 Å². The molecule has 0 aliphatic heterocycles. The first-order valence-corrected chi connectivity index (χ1v) is 7.14. The zero-order valence-electron chi connectivity index (χ0n) is 12.4. The van der Waals surface area contributed by atoms with Gasteiger partial charge in [0.1, 0.15) is 0 Å². The minimum Gasteiger partial charge on any atom is -0.350 e. The maximum Gasteiger partial charge on any atom is 0.267 e. The summed E-state index contributed by atoms with van der Waals surface area (Å²) in [6.45, 7) is 0. The Balaban J connectivity index is 2.15. The average molecular weight is 331 g/mol. The van der Waals surface area contributed by atoms with Crippen molar-refractivity contribution in [3.63, 3.8) is 0 Å². The highest BCUT2D eigenvalue weighted by Gasteiger charge is 2.06. The Morgan fingerprint density at radius 1 is 1.22 bits per heavy atom. The molecule has 0 spiro atoms. The van der Waals surface area contributed by atoms with Crippen LogP contribution in [0.25, 0.3) is 12.2 Å². The van der Waals surface area contributed by atoms with Crippen LogP contribution in [0.2, 0.25) is 5.02 Å². The number of nitrogens with one attached hydrogen (secondary N) is 1. The van der Waals surface area contributed by atoms with Gasteiger partial charge in [0, 0.05) is 30.6 Å². The Bertz CT molecular complexity index is 791. The van der Waals surface area contributed by atoms with Crippen molar-refractivity contribution in [2.75, 3.05) is 0 Å². The molecule has 23 heavy (non-hydrogen) atoms. The number of carbonyl (C=O) groups excluding carboxylic acids is 2. The number of hydrogen-bond donors (Lipinski definition) is 2. The van der Waals surface area contributed by atoms with Crippen LogP contribution >= 0.6 is 11.6 Å². The number of benzene rings is 1. The quantitative estimate of drug-likeness (QED) is 0.383. The van der Waals surface area contributed by atoms with Crippen LogP contribution in [0.1, 0.15) is 21.6 Å². The lowest BCUT2D eigenvalue weighted by atomic mass is 10.1. The lowest BCUT2D eigenvalue weighted by Crippen LogP contribution is -2.14. The molecule has 0 bridgehead atoms. The van der Waals surface area contributed by atoms with E-state index in [0.717, 1.165) is 11.3 Å². The van der Waals surface area contributed by atoms with E-state index in [1.165, 1.54) is 17.6 Å². The van der Waals surface area contributed by atoms with E-state index in [2.05, 4.69) is 0 Å². The first kappa shape index (κ1) is 16.7. The maximum absolute atomic E-state index is 12.1. The molecular formula is C17H15ClN2O3. The van der Waals surface area contributed by atoms with Gasteiger partial charge in [-0.3, -0.25) is 14.8 Å². The summed E-state index contributed by atoms with van der Waals surface area (Å²) in [6, 6.07) is 8.66. The summed E-state index contributed by atoms with van der Waals surface area (Å²) in [5.74, 6) is -0.798. The number of hydroxylamine groups is 1. The second kappa shape index (κ2) is 7.58. The summed E-state index contributed by atoms with van der Waals surface area (Å²) in [7, 11) is 1.81. The van der Waals surface area contributed by atoms with Crippen molar-refractivity contribution >= 4 is 35.4 Å². The van der Waals surface area contributed by atoms with Crippen molar-refractivity contribution in [3.8, 4) is 0 Å². The zero-order chi connectivity index (χ0) is 16.8. The number of aromatic nitrogens is 1. The minimum absolute atomic E-state index is 0.184. The summed E-state index contributed by atoms with van der Waals surface area (Å²) in [5.41, 5.74) is 3.52. The number of aryl methyl sites for hydroxylation is 1. The van der Waals surface area contributed by atoms with Gasteiger partial charge in [-0.1, -0.05) is 23.7 Å². The normalized spacial score (nSPS) is 11.3. The summed E-state index contributed by atoms with van der Waals surface area (Å²) >= 11 is 5.99. The molecular weight excluding hydrogens is 316 g/mol. The van der Waals surface area contributed by atoms with Gasteiger partial charge in [-0.15, -0.1) is 0 Å². The van der Waals surface area contributed by atoms with Crippen molar-refractivity contribution in [2.24, 2.45) is 7.05 Å². The number of nitrogens with zero attached hydrogens (tertiary/aromatic N) is 1. The Kier molecular flexibility index (Phi) is 5.51. The number of hydrogen-bond acceptors (Lipinski definition) is 3. The van der Waals surface area contributed by atoms with Crippen LogP contribution in [-0.4, -0.2) is 21.5 Å². The van der Waals surface area contributed by atoms with E-state index in [-0.39, 0.29) is 5.78 Å². The zero-order valence-corrected chi connectivity index (χ0v) is 13.1. The summed E-state index contributed by atoms with van der Waals surface area (Å²) in [6.07, 6.45) is 7.70. The van der Waals surface area contributed by atoms with Crippen LogP contribution in [0.15, 0.2) is 48.7 Å². The van der Waals surface area contributed by atoms with Gasteiger partial charge < -0.3 is 4.57 Å². The molecule has 2 rings (SSSR count). The van der Waals surface area contributed by atoms with Gasteiger partial charge >= 0.3 is 0 Å². The average Bonchev–Trinajstić information content (AvgIpc) is 2.90. The van der Waals surface area contributed by atoms with Gasteiger partial charge in [0.2, 0.25) is 0 Å². The molecule has 1 aromatic carbocycles. The van der Waals surface area contributed by atoms with E-state index in [0.29, 0.717) is 10.6 Å². The molecule has 6 heteroatoms. The van der Waals surface area contributed by atoms with E-state index >= 15 is 0 Å². The van der Waals surface area contributed by atoms with Crippen molar-refractivity contribution in [1.29, 1.82) is 0 Å². The molecule has 1 heterocycles. The lowest BCUT2D eigenvalue weighted by molar-refractivity contribution is -0.124. The molecule has 0 fully saturated rings. The topological polar surface area (TPSA) is 71.3 Å². The van der Waals surface area contributed by atoms with E-state index in [1.54, 1.807) is 47.1 Å². The molecule has 0 aliphatic carbocycles. The molecule has 5 nitrogen and oxygen atoms in total. The molecule has 2 N–H and O–H groups in total. The van der Waals surface area contributed by atoms with Crippen molar-refractivity contribution in [2.45, 2.75) is 0 Å². The first-order valence-electron chi connectivity index (χ1n) is 6.76. The molecule has 118 valence electrons. The Morgan fingerprint density at radius 2 is 1.96 bits per heavy atom. The molecule has 0 atom stereocenters. The predicted molar refractivity (Wildman–Crippen MR) is 89.2 cm³/mol. The van der Waals surface area contributed by atoms with Gasteiger partial charge in [-0.05, 0) is 42.0 Å². The highest BCUT2D eigenvalue weighted by Crippen LogP contribution is 2.17. The predicted octanol–water partition coefficient (Wildman–Crippen LogP) is 3.09. The van der Waals surface area contributed by atoms with Crippen LogP contribution < -0.4 is 5.48 Å². The smallest absolute Gasteiger partial charge is 0.267 e. The summed E-state index contributed by atoms with van der Waals surface area (Å²) in [4.78, 5) is 23.1. The van der Waals surface area contributed by atoms with Crippen LogP contribution in [0, 0.1) is 0 Å². The summed E-state index contributed by atoms with van der Waals surface area (Å²) < 4.78 is 1.79. The number of amides is 1. The van der Waals surface area contributed by atoms with Crippen LogP contribution in [0.5, 0.6) is 0 Å². The van der Waals surface area contributed by atoms with Gasteiger partial charge in [-0.25, -0.2) is 5.48 Å². The SMILES string of the molecule is Cn1cc(/C=C/C(=O)c2ccccc2Cl)cc1/C=C/C(=O)NO. The monoisotopic (exact) mass is 330 g/mol. The highest BCUT2D eigenvalue weighted by molar-refractivity contribution is 6.34. The molecule has 1 aromatic heterocycles. The summed E-state index contributed by atoms with van der Waals surface area (Å²) in [5, 5.41) is 8.86. The first-order chi connectivity index (χ1) is 11.0. The molecule has 0 aliphatic rings. The second-order valence-electron chi connectivity index (χ2n) is 4.80. The number of halogens is 1. The number of allylic oxidation sites excluding steroid dienone is 1. The van der Waals surface area contributed by atoms with Crippen molar-refractivity contribution < 1.29 is 14.8 Å². The largest absolute Gasteiger partial charge is 0.350 e. The van der Waals surface area contributed by atoms with E-state index < -0.39 is 5.91 Å². The third kappa shape index (κ3) is 4.42. The number of rotatable bonds is 5. The molecule has 0 unspecified atom stereocenters. The third-order valence-corrected chi connectivity index (χ3v) is 3.48. The fraction of sp³-hybridized carbons (Fsp3) is 0.0588. The molecule has 0 saturated heterocycles.